The van der Waals surface area contributed by atoms with Gasteiger partial charge in [-0.3, -0.25) is 4.90 Å². The number of hydrogen-bond donors (Lipinski definition) is 1. The number of hydrogen-bond acceptors (Lipinski definition) is 3. The van der Waals surface area contributed by atoms with Gasteiger partial charge in [0.15, 0.2) is 0 Å². The van der Waals surface area contributed by atoms with E-state index in [1.807, 2.05) is 0 Å². The zero-order valence-corrected chi connectivity index (χ0v) is 10.7. The molecule has 1 rings (SSSR count). The Balaban J connectivity index is 2.70. The second-order valence-electron chi connectivity index (χ2n) is 5.38. The van der Waals surface area contributed by atoms with E-state index in [1.165, 1.54) is 0 Å². The molecule has 0 aliphatic carbocycles. The van der Waals surface area contributed by atoms with Gasteiger partial charge < -0.3 is 10.1 Å². The first-order chi connectivity index (χ1) is 7.64. The highest BCUT2D eigenvalue weighted by atomic mass is 19.3. The fourth-order valence-electron chi connectivity index (χ4n) is 1.85. The summed E-state index contributed by atoms with van der Waals surface area (Å²) in [4.78, 5) is 12.9. The van der Waals surface area contributed by atoms with E-state index in [2.05, 4.69) is 5.32 Å². The molecule has 0 aromatic carbocycles. The number of nitrogens with one attached hydrogen (secondary N) is 1. The summed E-state index contributed by atoms with van der Waals surface area (Å²) >= 11 is 0. The number of rotatable bonds is 2. The maximum atomic E-state index is 13.3. The fourth-order valence-corrected chi connectivity index (χ4v) is 1.85. The van der Waals surface area contributed by atoms with Gasteiger partial charge >= 0.3 is 6.09 Å². The summed E-state index contributed by atoms with van der Waals surface area (Å²) in [7, 11) is 1.67. The first-order valence-electron chi connectivity index (χ1n) is 5.67. The van der Waals surface area contributed by atoms with Crippen molar-refractivity contribution >= 4 is 6.09 Å². The van der Waals surface area contributed by atoms with E-state index in [0.29, 0.717) is 6.54 Å². The van der Waals surface area contributed by atoms with Crippen LogP contribution in [0, 0.1) is 0 Å². The summed E-state index contributed by atoms with van der Waals surface area (Å²) in [6.07, 6.45) is -0.984. The fraction of sp³-hybridized carbons (Fsp3) is 0.909. The molecule has 1 atom stereocenters. The van der Waals surface area contributed by atoms with Crippen LogP contribution in [0.25, 0.3) is 0 Å². The molecule has 0 spiro atoms. The molecule has 100 valence electrons. The van der Waals surface area contributed by atoms with Crippen molar-refractivity contribution in [1.82, 2.24) is 10.2 Å². The summed E-state index contributed by atoms with van der Waals surface area (Å²) in [5, 5.41) is 2.81. The Morgan fingerprint density at radius 1 is 1.53 bits per heavy atom. The number of likely N-dealkylation sites (N-methyl/N-ethyl adjacent to an activating group) is 1. The summed E-state index contributed by atoms with van der Waals surface area (Å²) < 4.78 is 31.7. The third kappa shape index (κ3) is 4.11. The van der Waals surface area contributed by atoms with Gasteiger partial charge in [0.2, 0.25) is 0 Å². The van der Waals surface area contributed by atoms with Crippen LogP contribution in [0.15, 0.2) is 0 Å². The van der Waals surface area contributed by atoms with Gasteiger partial charge in [0, 0.05) is 13.0 Å². The lowest BCUT2D eigenvalue weighted by atomic mass is 10.2. The van der Waals surface area contributed by atoms with Crippen LogP contribution in [0.3, 0.4) is 0 Å². The van der Waals surface area contributed by atoms with E-state index >= 15 is 0 Å². The number of carbonyl (C=O) groups excluding carboxylic acids is 1. The highest BCUT2D eigenvalue weighted by molar-refractivity contribution is 5.69. The van der Waals surface area contributed by atoms with E-state index in [4.69, 9.17) is 4.74 Å². The standard InChI is InChI=1S/C11H20F2N2O2/c1-10(2,3)17-9(16)15-7-11(12,13)5-8(15)6-14-4/h8,14H,5-7H2,1-4H3. The summed E-state index contributed by atoms with van der Waals surface area (Å²) in [5.41, 5.74) is -0.668. The molecule has 1 N–H and O–H groups in total. The maximum absolute atomic E-state index is 13.3. The lowest BCUT2D eigenvalue weighted by Gasteiger charge is -2.28. The predicted octanol–water partition coefficient (Wildman–Crippen LogP) is 1.85. The first kappa shape index (κ1) is 14.2. The molecule has 17 heavy (non-hydrogen) atoms. The van der Waals surface area contributed by atoms with Gasteiger partial charge in [0.1, 0.15) is 5.60 Å². The van der Waals surface area contributed by atoms with Crippen molar-refractivity contribution in [3.8, 4) is 0 Å². The normalized spacial score (nSPS) is 23.9. The van der Waals surface area contributed by atoms with Gasteiger partial charge in [0.05, 0.1) is 12.6 Å². The molecule has 0 radical (unpaired) electrons. The van der Waals surface area contributed by atoms with Crippen molar-refractivity contribution in [1.29, 1.82) is 0 Å². The Morgan fingerprint density at radius 2 is 2.12 bits per heavy atom. The van der Waals surface area contributed by atoms with Gasteiger partial charge in [0.25, 0.3) is 5.92 Å². The molecular formula is C11H20F2N2O2. The van der Waals surface area contributed by atoms with Gasteiger partial charge in [-0.25, -0.2) is 13.6 Å². The summed E-state index contributed by atoms with van der Waals surface area (Å²) in [6.45, 7) is 4.92. The Bertz CT molecular complexity index is 290. The van der Waals surface area contributed by atoms with Crippen LogP contribution < -0.4 is 5.32 Å². The molecule has 1 fully saturated rings. The van der Waals surface area contributed by atoms with Gasteiger partial charge in [-0.15, -0.1) is 0 Å². The quantitative estimate of drug-likeness (QED) is 0.813. The Kier molecular flexibility index (Phi) is 3.96. The number of ether oxygens (including phenoxy) is 1. The van der Waals surface area contributed by atoms with E-state index in [-0.39, 0.29) is 6.42 Å². The predicted molar refractivity (Wildman–Crippen MR) is 60.2 cm³/mol. The molecule has 1 heterocycles. The van der Waals surface area contributed by atoms with E-state index in [1.54, 1.807) is 27.8 Å². The average Bonchev–Trinajstić information content (AvgIpc) is 2.39. The molecule has 4 nitrogen and oxygen atoms in total. The monoisotopic (exact) mass is 250 g/mol. The summed E-state index contributed by atoms with van der Waals surface area (Å²) in [5.74, 6) is -2.82. The lowest BCUT2D eigenvalue weighted by Crippen LogP contribution is -2.43. The number of alkyl halides is 2. The second kappa shape index (κ2) is 4.76. The molecule has 0 aromatic heterocycles. The van der Waals surface area contributed by atoms with Crippen molar-refractivity contribution in [2.24, 2.45) is 0 Å². The van der Waals surface area contributed by atoms with Crippen molar-refractivity contribution < 1.29 is 18.3 Å². The van der Waals surface area contributed by atoms with Crippen molar-refractivity contribution in [3.63, 3.8) is 0 Å². The van der Waals surface area contributed by atoms with Crippen LogP contribution in [0.1, 0.15) is 27.2 Å². The third-order valence-electron chi connectivity index (χ3n) is 2.44. The van der Waals surface area contributed by atoms with Crippen LogP contribution in [-0.4, -0.2) is 48.7 Å². The average molecular weight is 250 g/mol. The molecule has 1 saturated heterocycles. The zero-order chi connectivity index (χ0) is 13.3. The van der Waals surface area contributed by atoms with Crippen molar-refractivity contribution in [2.45, 2.75) is 44.8 Å². The topological polar surface area (TPSA) is 41.6 Å². The molecule has 0 bridgehead atoms. The molecule has 0 saturated carbocycles. The minimum absolute atomic E-state index is 0.312. The summed E-state index contributed by atoms with van der Waals surface area (Å²) in [6, 6.07) is -0.509. The van der Waals surface area contributed by atoms with Crippen molar-refractivity contribution in [3.05, 3.63) is 0 Å². The number of carbonyl (C=O) groups is 1. The van der Waals surface area contributed by atoms with Crippen LogP contribution in [0.5, 0.6) is 0 Å². The number of nitrogens with zero attached hydrogens (tertiary/aromatic N) is 1. The smallest absolute Gasteiger partial charge is 0.410 e. The molecule has 6 heteroatoms. The minimum Gasteiger partial charge on any atom is -0.444 e. The molecule has 1 amide bonds. The van der Waals surface area contributed by atoms with Gasteiger partial charge in [-0.1, -0.05) is 0 Å². The van der Waals surface area contributed by atoms with Crippen LogP contribution in [0.4, 0.5) is 13.6 Å². The number of halogens is 2. The minimum atomic E-state index is -2.82. The Hall–Kier alpha value is -0.910. The molecular weight excluding hydrogens is 230 g/mol. The lowest BCUT2D eigenvalue weighted by molar-refractivity contribution is -0.00239. The number of likely N-dealkylation sites (tertiary alicyclic amines) is 1. The second-order valence-corrected chi connectivity index (χ2v) is 5.38. The molecule has 1 aliphatic rings. The first-order valence-corrected chi connectivity index (χ1v) is 5.67. The van der Waals surface area contributed by atoms with E-state index < -0.39 is 30.2 Å². The molecule has 1 unspecified atom stereocenters. The molecule has 0 aromatic rings. The Labute approximate surface area is 100 Å². The zero-order valence-electron chi connectivity index (χ0n) is 10.7. The van der Waals surface area contributed by atoms with Crippen LogP contribution >= 0.6 is 0 Å². The highest BCUT2D eigenvalue weighted by Gasteiger charge is 2.47. The van der Waals surface area contributed by atoms with Gasteiger partial charge in [-0.2, -0.15) is 0 Å². The molecule has 1 aliphatic heterocycles. The third-order valence-corrected chi connectivity index (χ3v) is 2.44. The highest BCUT2D eigenvalue weighted by Crippen LogP contribution is 2.32. The van der Waals surface area contributed by atoms with E-state index in [9.17, 15) is 13.6 Å². The SMILES string of the molecule is CNCC1CC(F)(F)CN1C(=O)OC(C)(C)C. The van der Waals surface area contributed by atoms with Crippen LogP contribution in [0.2, 0.25) is 0 Å². The Morgan fingerprint density at radius 3 is 2.59 bits per heavy atom. The maximum Gasteiger partial charge on any atom is 0.410 e. The van der Waals surface area contributed by atoms with E-state index in [0.717, 1.165) is 4.90 Å². The van der Waals surface area contributed by atoms with Crippen LogP contribution in [-0.2, 0) is 4.74 Å². The van der Waals surface area contributed by atoms with Gasteiger partial charge in [-0.05, 0) is 27.8 Å². The van der Waals surface area contributed by atoms with Crippen molar-refractivity contribution in [2.75, 3.05) is 20.1 Å². The largest absolute Gasteiger partial charge is 0.444 e. The number of amides is 1.